The first kappa shape index (κ1) is 22.5. The van der Waals surface area contributed by atoms with E-state index in [1.54, 1.807) is 14.0 Å². The third kappa shape index (κ3) is 4.79. The van der Waals surface area contributed by atoms with Gasteiger partial charge in [-0.2, -0.15) is 13.2 Å². The van der Waals surface area contributed by atoms with Crippen LogP contribution in [-0.2, 0) is 32.9 Å². The number of aryl methyl sites for hydroxylation is 2. The number of alkyl halides is 3. The minimum absolute atomic E-state index is 0. The van der Waals surface area contributed by atoms with E-state index in [1.165, 1.54) is 12.1 Å². The summed E-state index contributed by atoms with van der Waals surface area (Å²) in [5.74, 6) is 0. The predicted octanol–water partition coefficient (Wildman–Crippen LogP) is 4.50. The molecular weight excluding hydrogens is 464 g/mol. The molecule has 0 N–H and O–H groups in total. The maximum absolute atomic E-state index is 12.8. The topological polar surface area (TPSA) is 102 Å². The molecule has 1 aliphatic heterocycles. The van der Waals surface area contributed by atoms with Crippen LogP contribution in [0.3, 0.4) is 0 Å². The molecule has 0 spiro atoms. The Morgan fingerprint density at radius 2 is 1.96 bits per heavy atom. The number of hydrogen-bond acceptors (Lipinski definition) is 8. The second-order valence-electron chi connectivity index (χ2n) is 5.81. The molecule has 1 aromatic carbocycles. The van der Waals surface area contributed by atoms with Gasteiger partial charge >= 0.3 is 5.51 Å². The summed E-state index contributed by atoms with van der Waals surface area (Å²) in [6.45, 7) is 2.41. The molecule has 156 valence electrons. The Labute approximate surface area is 173 Å². The number of rotatable bonds is 4. The van der Waals surface area contributed by atoms with Gasteiger partial charge in [-0.1, -0.05) is 23.1 Å². The van der Waals surface area contributed by atoms with Gasteiger partial charge in [0.15, 0.2) is 10.0 Å². The van der Waals surface area contributed by atoms with Gasteiger partial charge in [0, 0.05) is 35.8 Å². The first-order chi connectivity index (χ1) is 12.6. The Bertz CT molecular complexity index is 993. The Balaban J connectivity index is 0.00000280. The number of aromatic nitrogens is 2. The van der Waals surface area contributed by atoms with Crippen LogP contribution in [0.15, 0.2) is 22.4 Å². The molecule has 8 nitrogen and oxygen atoms in total. The predicted molar refractivity (Wildman–Crippen MR) is 94.8 cm³/mol. The summed E-state index contributed by atoms with van der Waals surface area (Å²) in [6, 6.07) is 2.80. The molecule has 3 rings (SSSR count). The largest absolute Gasteiger partial charge is 0.568 e. The summed E-state index contributed by atoms with van der Waals surface area (Å²) in [5, 5.41) is 16.1. The minimum Gasteiger partial charge on any atom is -0.568 e. The van der Waals surface area contributed by atoms with Crippen LogP contribution in [0.5, 0.6) is 0 Å². The molecule has 14 heteroatoms. The van der Waals surface area contributed by atoms with Crippen LogP contribution >= 0.6 is 11.3 Å². The van der Waals surface area contributed by atoms with Crippen molar-refractivity contribution >= 4 is 43.6 Å². The molecule has 0 unspecified atom stereocenters. The van der Waals surface area contributed by atoms with Crippen molar-refractivity contribution < 1.29 is 38.1 Å². The fourth-order valence-corrected chi connectivity index (χ4v) is 3.57. The normalized spacial score (nSPS) is 14.7. The average Bonchev–Trinajstić information content (AvgIpc) is 2.98. The number of fused-ring (bicyclic) bond motifs is 1. The molecule has 1 aromatic heterocycles. The number of benzene rings is 1. The van der Waals surface area contributed by atoms with E-state index in [2.05, 4.69) is 25.1 Å². The third-order valence-corrected chi connectivity index (χ3v) is 5.54. The van der Waals surface area contributed by atoms with E-state index in [9.17, 15) is 21.6 Å². The van der Waals surface area contributed by atoms with Gasteiger partial charge in [-0.3, -0.25) is 0 Å². The molecule has 0 saturated carbocycles. The van der Waals surface area contributed by atoms with Gasteiger partial charge in [0.2, 0.25) is 0 Å². The van der Waals surface area contributed by atoms with Crippen molar-refractivity contribution in [3.63, 3.8) is 0 Å². The SMILES string of the molecule is Cc1nnc(N=Nc2cc3c(cc2[N-]S(=O)(=O)C(F)(F)F)N(C)CCC3)s1.[Ni]. The van der Waals surface area contributed by atoms with Crippen LogP contribution in [0.1, 0.15) is 17.0 Å². The molecular formula is C14H14F3N6NiO2S2-. The third-order valence-electron chi connectivity index (χ3n) is 3.80. The quantitative estimate of drug-likeness (QED) is 0.476. The van der Waals surface area contributed by atoms with E-state index in [-0.39, 0.29) is 27.3 Å². The van der Waals surface area contributed by atoms with Gasteiger partial charge in [-0.05, 0) is 31.4 Å². The van der Waals surface area contributed by atoms with Crippen molar-refractivity contribution in [2.24, 2.45) is 10.2 Å². The van der Waals surface area contributed by atoms with Crippen LogP contribution in [-0.4, -0.2) is 37.7 Å². The van der Waals surface area contributed by atoms with E-state index < -0.39 is 21.2 Å². The number of halogens is 3. The fraction of sp³-hybridized carbons (Fsp3) is 0.429. The molecule has 0 fully saturated rings. The summed E-state index contributed by atoms with van der Waals surface area (Å²) in [6.07, 6.45) is 1.54. The zero-order valence-corrected chi connectivity index (χ0v) is 17.2. The maximum Gasteiger partial charge on any atom is 0.483 e. The van der Waals surface area contributed by atoms with E-state index in [0.29, 0.717) is 23.7 Å². The summed E-state index contributed by atoms with van der Waals surface area (Å²) in [5.41, 5.74) is -4.56. The van der Waals surface area contributed by atoms with E-state index in [0.717, 1.165) is 23.3 Å². The van der Waals surface area contributed by atoms with Crippen molar-refractivity contribution in [2.45, 2.75) is 25.3 Å². The summed E-state index contributed by atoms with van der Waals surface area (Å²) >= 11 is 1.14. The molecule has 0 amide bonds. The number of sulfonamides is 1. The molecule has 0 saturated heterocycles. The first-order valence-corrected chi connectivity index (χ1v) is 9.97. The summed E-state index contributed by atoms with van der Waals surface area (Å²) in [7, 11) is -3.95. The number of anilines is 1. The molecule has 0 atom stereocenters. The van der Waals surface area contributed by atoms with Crippen LogP contribution in [0, 0.1) is 6.92 Å². The Morgan fingerprint density at radius 3 is 2.57 bits per heavy atom. The summed E-state index contributed by atoms with van der Waals surface area (Å²) in [4.78, 5) is 1.83. The van der Waals surface area contributed by atoms with Gasteiger partial charge in [0.1, 0.15) is 5.01 Å². The van der Waals surface area contributed by atoms with Crippen LogP contribution in [0.4, 0.5) is 35.4 Å². The van der Waals surface area contributed by atoms with Crippen molar-refractivity contribution in [2.75, 3.05) is 18.5 Å². The number of nitrogens with zero attached hydrogens (tertiary/aromatic N) is 6. The summed E-state index contributed by atoms with van der Waals surface area (Å²) < 4.78 is 64.2. The van der Waals surface area contributed by atoms with Crippen LogP contribution in [0.25, 0.3) is 4.72 Å². The molecule has 2 aromatic rings. The molecule has 28 heavy (non-hydrogen) atoms. The Kier molecular flexibility index (Phi) is 6.67. The molecule has 2 heterocycles. The zero-order valence-electron chi connectivity index (χ0n) is 14.5. The second-order valence-corrected chi connectivity index (χ2v) is 8.57. The average molecular weight is 478 g/mol. The van der Waals surface area contributed by atoms with E-state index >= 15 is 0 Å². The minimum atomic E-state index is -5.72. The van der Waals surface area contributed by atoms with Gasteiger partial charge in [-0.25, -0.2) is 8.42 Å². The standard InChI is InChI=1S/C14H14F3N6O2S2.Ni/c1-8-18-20-13(26-8)21-19-10-6-9-4-3-5-23(2)12(9)7-11(10)22-27(24,25)14(15,16)17;/h6-7H,3-5H2,1-2H3;/q-1;. The zero-order chi connectivity index (χ0) is 19.8. The molecule has 0 radical (unpaired) electrons. The van der Waals surface area contributed by atoms with Gasteiger partial charge in [0.25, 0.3) is 5.13 Å². The van der Waals surface area contributed by atoms with E-state index in [1.807, 2.05) is 4.90 Å². The number of hydrogen-bond donors (Lipinski definition) is 0. The van der Waals surface area contributed by atoms with Crippen molar-refractivity contribution in [3.8, 4) is 0 Å². The van der Waals surface area contributed by atoms with Gasteiger partial charge in [0.05, 0.1) is 5.69 Å². The van der Waals surface area contributed by atoms with Crippen molar-refractivity contribution in [1.29, 1.82) is 0 Å². The Morgan fingerprint density at radius 1 is 1.25 bits per heavy atom. The fourth-order valence-electron chi connectivity index (χ4n) is 2.55. The smallest absolute Gasteiger partial charge is 0.483 e. The second kappa shape index (κ2) is 8.30. The number of azo groups is 1. The Hall–Kier alpha value is -1.79. The molecule has 0 aliphatic carbocycles. The van der Waals surface area contributed by atoms with Crippen molar-refractivity contribution in [3.05, 3.63) is 27.4 Å². The van der Waals surface area contributed by atoms with Gasteiger partial charge < -0.3 is 9.62 Å². The van der Waals surface area contributed by atoms with Crippen LogP contribution in [0.2, 0.25) is 0 Å². The maximum atomic E-state index is 12.8. The van der Waals surface area contributed by atoms with Gasteiger partial charge in [-0.15, -0.1) is 20.4 Å². The molecule has 0 bridgehead atoms. The van der Waals surface area contributed by atoms with Crippen molar-refractivity contribution in [1.82, 2.24) is 10.2 Å². The first-order valence-electron chi connectivity index (χ1n) is 7.71. The molecule has 1 aliphatic rings. The van der Waals surface area contributed by atoms with E-state index in [4.69, 9.17) is 0 Å². The monoisotopic (exact) mass is 477 g/mol. The van der Waals surface area contributed by atoms with Crippen LogP contribution < -0.4 is 4.90 Å².